The second-order valence-corrected chi connectivity index (χ2v) is 9.69. The Morgan fingerprint density at radius 2 is 1.68 bits per heavy atom. The summed E-state index contributed by atoms with van der Waals surface area (Å²) < 4.78 is 45.0. The Kier molecular flexibility index (Phi) is 4.60. The van der Waals surface area contributed by atoms with Crippen molar-refractivity contribution in [2.24, 2.45) is 0 Å². The number of nitrogens with zero attached hydrogens (tertiary/aromatic N) is 2. The SMILES string of the molecule is CS(=O)(=O)c1ccc(-c2nn3c(c2-c2ccc(F)cc2)OCc2c(Cl)cccc2-3)cc1. The van der Waals surface area contributed by atoms with Gasteiger partial charge in [-0.1, -0.05) is 41.9 Å². The maximum atomic E-state index is 13.6. The summed E-state index contributed by atoms with van der Waals surface area (Å²) in [6.45, 7) is 0.279. The molecule has 0 fully saturated rings. The Bertz CT molecular complexity index is 1410. The standard InChI is InChI=1S/C23H16ClFN2O3S/c1-31(28,29)17-11-7-15(8-12-17)22-21(14-5-9-16(25)10-6-14)23-27(26-22)20-4-2-3-19(24)18(20)13-30-23/h2-12H,13H2,1H3. The molecular weight excluding hydrogens is 439 g/mol. The molecule has 0 aliphatic carbocycles. The molecule has 5 nitrogen and oxygen atoms in total. The molecule has 156 valence electrons. The van der Waals surface area contributed by atoms with E-state index in [0.717, 1.165) is 23.1 Å². The average Bonchev–Trinajstić information content (AvgIpc) is 3.14. The molecule has 0 spiro atoms. The first-order valence-corrected chi connectivity index (χ1v) is 11.7. The van der Waals surface area contributed by atoms with Crippen LogP contribution in [0.1, 0.15) is 5.56 Å². The van der Waals surface area contributed by atoms with Crippen molar-refractivity contribution in [3.05, 3.63) is 83.1 Å². The van der Waals surface area contributed by atoms with Crippen LogP contribution in [0, 0.1) is 5.82 Å². The smallest absolute Gasteiger partial charge is 0.225 e. The molecule has 8 heteroatoms. The third-order valence-electron chi connectivity index (χ3n) is 5.21. The van der Waals surface area contributed by atoms with Gasteiger partial charge in [0.05, 0.1) is 16.1 Å². The number of ether oxygens (including phenoxy) is 1. The average molecular weight is 455 g/mol. The van der Waals surface area contributed by atoms with Crippen LogP contribution in [-0.2, 0) is 16.4 Å². The largest absolute Gasteiger partial charge is 0.472 e. The summed E-state index contributed by atoms with van der Waals surface area (Å²) in [6, 6.07) is 18.1. The molecule has 0 saturated carbocycles. The van der Waals surface area contributed by atoms with E-state index >= 15 is 0 Å². The molecule has 4 aromatic rings. The van der Waals surface area contributed by atoms with E-state index in [1.54, 1.807) is 47.1 Å². The van der Waals surface area contributed by atoms with Gasteiger partial charge in [-0.05, 0) is 42.0 Å². The number of fused-ring (bicyclic) bond motifs is 3. The molecule has 0 saturated heterocycles. The number of halogens is 2. The normalized spacial score (nSPS) is 12.7. The van der Waals surface area contributed by atoms with Crippen LogP contribution < -0.4 is 4.74 Å². The zero-order valence-electron chi connectivity index (χ0n) is 16.3. The molecule has 0 unspecified atom stereocenters. The van der Waals surface area contributed by atoms with E-state index in [1.807, 2.05) is 12.1 Å². The van der Waals surface area contributed by atoms with Crippen LogP contribution in [0.2, 0.25) is 5.02 Å². The topological polar surface area (TPSA) is 61.2 Å². The Morgan fingerprint density at radius 1 is 1.00 bits per heavy atom. The minimum atomic E-state index is -3.32. The first kappa shape index (κ1) is 19.8. The van der Waals surface area contributed by atoms with Crippen LogP contribution in [0.4, 0.5) is 4.39 Å². The maximum Gasteiger partial charge on any atom is 0.225 e. The van der Waals surface area contributed by atoms with Crippen LogP contribution in [0.5, 0.6) is 5.88 Å². The Hall–Kier alpha value is -3.16. The van der Waals surface area contributed by atoms with Gasteiger partial charge in [-0.2, -0.15) is 9.78 Å². The lowest BCUT2D eigenvalue weighted by atomic mass is 10.0. The second-order valence-electron chi connectivity index (χ2n) is 7.27. The lowest BCUT2D eigenvalue weighted by molar-refractivity contribution is 0.272. The van der Waals surface area contributed by atoms with Crippen molar-refractivity contribution in [1.82, 2.24) is 9.78 Å². The molecule has 0 amide bonds. The van der Waals surface area contributed by atoms with Gasteiger partial charge >= 0.3 is 0 Å². The summed E-state index contributed by atoms with van der Waals surface area (Å²) in [7, 11) is -3.32. The van der Waals surface area contributed by atoms with Crippen molar-refractivity contribution < 1.29 is 17.5 Å². The van der Waals surface area contributed by atoms with Crippen molar-refractivity contribution in [1.29, 1.82) is 0 Å². The van der Waals surface area contributed by atoms with Gasteiger partial charge in [-0.15, -0.1) is 0 Å². The van der Waals surface area contributed by atoms with Gasteiger partial charge in [0.2, 0.25) is 5.88 Å². The van der Waals surface area contributed by atoms with Gasteiger partial charge in [0, 0.05) is 22.4 Å². The van der Waals surface area contributed by atoms with Gasteiger partial charge in [0.25, 0.3) is 0 Å². The van der Waals surface area contributed by atoms with Crippen molar-refractivity contribution in [3.8, 4) is 34.0 Å². The van der Waals surface area contributed by atoms with E-state index in [9.17, 15) is 12.8 Å². The highest BCUT2D eigenvalue weighted by molar-refractivity contribution is 7.90. The predicted molar refractivity (Wildman–Crippen MR) is 117 cm³/mol. The van der Waals surface area contributed by atoms with Crippen molar-refractivity contribution >= 4 is 21.4 Å². The molecule has 0 N–H and O–H groups in total. The van der Waals surface area contributed by atoms with Gasteiger partial charge in [0.15, 0.2) is 9.84 Å². The molecule has 2 heterocycles. The van der Waals surface area contributed by atoms with E-state index in [4.69, 9.17) is 21.4 Å². The summed E-state index contributed by atoms with van der Waals surface area (Å²) >= 11 is 6.35. The molecule has 0 bridgehead atoms. The van der Waals surface area contributed by atoms with Gasteiger partial charge in [0.1, 0.15) is 18.1 Å². The minimum Gasteiger partial charge on any atom is -0.472 e. The summed E-state index contributed by atoms with van der Waals surface area (Å²) in [5.41, 5.74) is 4.35. The van der Waals surface area contributed by atoms with E-state index < -0.39 is 9.84 Å². The van der Waals surface area contributed by atoms with Gasteiger partial charge in [-0.3, -0.25) is 0 Å². The number of sulfone groups is 1. The zero-order chi connectivity index (χ0) is 21.8. The highest BCUT2D eigenvalue weighted by Crippen LogP contribution is 2.44. The molecule has 5 rings (SSSR count). The number of rotatable bonds is 3. The molecule has 3 aromatic carbocycles. The minimum absolute atomic E-state index is 0.219. The Balaban J connectivity index is 1.76. The molecular formula is C23H16ClFN2O3S. The van der Waals surface area contributed by atoms with Crippen LogP contribution in [0.15, 0.2) is 71.6 Å². The van der Waals surface area contributed by atoms with Crippen LogP contribution in [0.3, 0.4) is 0 Å². The zero-order valence-corrected chi connectivity index (χ0v) is 17.9. The van der Waals surface area contributed by atoms with Crippen LogP contribution >= 0.6 is 11.6 Å². The molecule has 1 aliphatic heterocycles. The second kappa shape index (κ2) is 7.21. The van der Waals surface area contributed by atoms with Crippen molar-refractivity contribution in [2.45, 2.75) is 11.5 Å². The monoisotopic (exact) mass is 454 g/mol. The van der Waals surface area contributed by atoms with Gasteiger partial charge in [-0.25, -0.2) is 12.8 Å². The van der Waals surface area contributed by atoms with Crippen LogP contribution in [0.25, 0.3) is 28.1 Å². The number of aromatic nitrogens is 2. The molecule has 0 atom stereocenters. The maximum absolute atomic E-state index is 13.6. The third kappa shape index (κ3) is 3.40. The van der Waals surface area contributed by atoms with Crippen molar-refractivity contribution in [3.63, 3.8) is 0 Å². The fourth-order valence-electron chi connectivity index (χ4n) is 3.67. The number of hydrogen-bond acceptors (Lipinski definition) is 4. The number of hydrogen-bond donors (Lipinski definition) is 0. The van der Waals surface area contributed by atoms with Crippen LogP contribution in [-0.4, -0.2) is 24.5 Å². The summed E-state index contributed by atoms with van der Waals surface area (Å²) in [4.78, 5) is 0.219. The summed E-state index contributed by atoms with van der Waals surface area (Å²) in [6.07, 6.45) is 1.16. The number of benzene rings is 3. The van der Waals surface area contributed by atoms with E-state index in [2.05, 4.69) is 0 Å². The van der Waals surface area contributed by atoms with E-state index in [0.29, 0.717) is 27.7 Å². The quantitative estimate of drug-likeness (QED) is 0.421. The lowest BCUT2D eigenvalue weighted by Gasteiger charge is -2.20. The molecule has 31 heavy (non-hydrogen) atoms. The highest BCUT2D eigenvalue weighted by atomic mass is 35.5. The third-order valence-corrected chi connectivity index (χ3v) is 6.69. The lowest BCUT2D eigenvalue weighted by Crippen LogP contribution is -2.13. The fraction of sp³-hybridized carbons (Fsp3) is 0.0870. The Labute approximate surface area is 183 Å². The molecule has 1 aliphatic rings. The Morgan fingerprint density at radius 3 is 2.35 bits per heavy atom. The first-order chi connectivity index (χ1) is 14.8. The van der Waals surface area contributed by atoms with Crippen molar-refractivity contribution in [2.75, 3.05) is 6.26 Å². The molecule has 1 aromatic heterocycles. The highest BCUT2D eigenvalue weighted by Gasteiger charge is 2.28. The summed E-state index contributed by atoms with van der Waals surface area (Å²) in [5, 5.41) is 5.37. The first-order valence-electron chi connectivity index (χ1n) is 9.43. The molecule has 0 radical (unpaired) electrons. The predicted octanol–water partition coefficient (Wildman–Crippen LogP) is 5.29. The van der Waals surface area contributed by atoms with E-state index in [1.165, 1.54) is 12.1 Å². The fourth-order valence-corrected chi connectivity index (χ4v) is 4.52. The van der Waals surface area contributed by atoms with E-state index in [-0.39, 0.29) is 17.3 Å². The summed E-state index contributed by atoms with van der Waals surface area (Å²) in [5.74, 6) is 0.172. The van der Waals surface area contributed by atoms with Gasteiger partial charge < -0.3 is 4.74 Å².